The van der Waals surface area contributed by atoms with Crippen molar-refractivity contribution >= 4 is 32.7 Å². The fraction of sp³-hybridized carbons (Fsp3) is 0.278. The van der Waals surface area contributed by atoms with E-state index in [-0.39, 0.29) is 6.10 Å². The highest BCUT2D eigenvalue weighted by atomic mass is 79.9. The van der Waals surface area contributed by atoms with Crippen LogP contribution in [0.3, 0.4) is 0 Å². The number of aromatic nitrogens is 3. The number of ether oxygens (including phenoxy) is 2. The lowest BCUT2D eigenvalue weighted by molar-refractivity contribution is 0.138. The van der Waals surface area contributed by atoms with Gasteiger partial charge in [-0.2, -0.15) is 0 Å². The Labute approximate surface area is 153 Å². The second-order valence-electron chi connectivity index (χ2n) is 5.84. The van der Waals surface area contributed by atoms with E-state index in [1.165, 1.54) is 0 Å². The first-order valence-electron chi connectivity index (χ1n) is 8.11. The van der Waals surface area contributed by atoms with Gasteiger partial charge in [0.05, 0.1) is 18.7 Å². The van der Waals surface area contributed by atoms with Gasteiger partial charge in [-0.1, -0.05) is 15.9 Å². The highest BCUT2D eigenvalue weighted by Crippen LogP contribution is 2.24. The number of hydrogen-bond donors (Lipinski definition) is 1. The molecule has 128 valence electrons. The summed E-state index contributed by atoms with van der Waals surface area (Å²) >= 11 is 3.50. The van der Waals surface area contributed by atoms with E-state index in [4.69, 9.17) is 9.47 Å². The zero-order valence-electron chi connectivity index (χ0n) is 13.5. The Hall–Kier alpha value is -2.25. The van der Waals surface area contributed by atoms with Gasteiger partial charge in [0.1, 0.15) is 18.2 Å². The molecule has 1 N–H and O–H groups in total. The van der Waals surface area contributed by atoms with Gasteiger partial charge in [-0.25, -0.2) is 15.0 Å². The average molecular weight is 401 g/mol. The predicted octanol–water partition coefficient (Wildman–Crippen LogP) is 3.57. The number of halogens is 1. The van der Waals surface area contributed by atoms with E-state index in [0.717, 1.165) is 39.8 Å². The highest BCUT2D eigenvalue weighted by Gasteiger charge is 2.17. The molecule has 0 radical (unpaired) electrons. The molecule has 0 bridgehead atoms. The third-order valence-corrected chi connectivity index (χ3v) is 4.53. The monoisotopic (exact) mass is 400 g/mol. The first-order chi connectivity index (χ1) is 12.3. The SMILES string of the molecule is Brc1ccc2ncnc(NCc3ccnc(OC4CCOC4)c3)c2c1. The maximum atomic E-state index is 5.86. The number of nitrogens with zero attached hydrogens (tertiary/aromatic N) is 3. The molecule has 6 nitrogen and oxygen atoms in total. The lowest BCUT2D eigenvalue weighted by atomic mass is 10.2. The lowest BCUT2D eigenvalue weighted by Gasteiger charge is -2.12. The first kappa shape index (κ1) is 16.2. The number of hydrogen-bond acceptors (Lipinski definition) is 6. The van der Waals surface area contributed by atoms with Crippen LogP contribution in [0, 0.1) is 0 Å². The van der Waals surface area contributed by atoms with Crippen LogP contribution in [0.2, 0.25) is 0 Å². The van der Waals surface area contributed by atoms with Crippen molar-refractivity contribution in [2.75, 3.05) is 18.5 Å². The number of rotatable bonds is 5. The molecule has 1 aromatic carbocycles. The number of benzene rings is 1. The summed E-state index contributed by atoms with van der Waals surface area (Å²) in [6.07, 6.45) is 4.33. The van der Waals surface area contributed by atoms with Crippen LogP contribution in [0.4, 0.5) is 5.82 Å². The molecule has 4 rings (SSSR count). The van der Waals surface area contributed by atoms with Crippen LogP contribution >= 0.6 is 15.9 Å². The van der Waals surface area contributed by atoms with E-state index in [9.17, 15) is 0 Å². The Morgan fingerprint density at radius 2 is 2.16 bits per heavy atom. The summed E-state index contributed by atoms with van der Waals surface area (Å²) in [6, 6.07) is 9.86. The first-order valence-corrected chi connectivity index (χ1v) is 8.91. The van der Waals surface area contributed by atoms with Crippen LogP contribution in [0.5, 0.6) is 5.88 Å². The maximum absolute atomic E-state index is 5.86. The number of fused-ring (bicyclic) bond motifs is 1. The molecule has 0 saturated carbocycles. The van der Waals surface area contributed by atoms with Gasteiger partial charge in [0.25, 0.3) is 0 Å². The van der Waals surface area contributed by atoms with E-state index >= 15 is 0 Å². The quantitative estimate of drug-likeness (QED) is 0.705. The Kier molecular flexibility index (Phi) is 4.76. The Morgan fingerprint density at radius 1 is 1.20 bits per heavy atom. The molecule has 0 amide bonds. The predicted molar refractivity (Wildman–Crippen MR) is 98.7 cm³/mol. The molecule has 1 aliphatic heterocycles. The molecule has 1 saturated heterocycles. The Morgan fingerprint density at radius 3 is 3.04 bits per heavy atom. The van der Waals surface area contributed by atoms with Crippen molar-refractivity contribution in [3.8, 4) is 5.88 Å². The highest BCUT2D eigenvalue weighted by molar-refractivity contribution is 9.10. The van der Waals surface area contributed by atoms with Crippen LogP contribution in [0.25, 0.3) is 10.9 Å². The lowest BCUT2D eigenvalue weighted by Crippen LogP contribution is -2.16. The second kappa shape index (κ2) is 7.33. The minimum absolute atomic E-state index is 0.0962. The fourth-order valence-electron chi connectivity index (χ4n) is 2.76. The smallest absolute Gasteiger partial charge is 0.213 e. The summed E-state index contributed by atoms with van der Waals surface area (Å²) < 4.78 is 12.2. The van der Waals surface area contributed by atoms with Crippen molar-refractivity contribution in [1.82, 2.24) is 15.0 Å². The molecular formula is C18H17BrN4O2. The zero-order chi connectivity index (χ0) is 17.1. The van der Waals surface area contributed by atoms with Crippen LogP contribution in [0.1, 0.15) is 12.0 Å². The molecule has 3 heterocycles. The van der Waals surface area contributed by atoms with Gasteiger partial charge in [-0.05, 0) is 29.8 Å². The summed E-state index contributed by atoms with van der Waals surface area (Å²) in [4.78, 5) is 12.9. The van der Waals surface area contributed by atoms with Crippen molar-refractivity contribution in [2.24, 2.45) is 0 Å². The fourth-order valence-corrected chi connectivity index (χ4v) is 3.12. The van der Waals surface area contributed by atoms with Crippen molar-refractivity contribution in [3.63, 3.8) is 0 Å². The average Bonchev–Trinajstić information content (AvgIpc) is 3.13. The van der Waals surface area contributed by atoms with Crippen LogP contribution in [-0.2, 0) is 11.3 Å². The summed E-state index contributed by atoms with van der Waals surface area (Å²) in [5.74, 6) is 1.43. The van der Waals surface area contributed by atoms with Crippen molar-refractivity contribution < 1.29 is 9.47 Å². The number of pyridine rings is 1. The minimum atomic E-state index is 0.0962. The van der Waals surface area contributed by atoms with Gasteiger partial charge >= 0.3 is 0 Å². The molecular weight excluding hydrogens is 384 g/mol. The second-order valence-corrected chi connectivity index (χ2v) is 6.76. The molecule has 1 fully saturated rings. The van der Waals surface area contributed by atoms with Gasteiger partial charge in [0.2, 0.25) is 5.88 Å². The van der Waals surface area contributed by atoms with Gasteiger partial charge in [0.15, 0.2) is 0 Å². The van der Waals surface area contributed by atoms with Crippen LogP contribution in [-0.4, -0.2) is 34.3 Å². The number of nitrogens with one attached hydrogen (secondary N) is 1. The van der Waals surface area contributed by atoms with Crippen molar-refractivity contribution in [3.05, 3.63) is 52.9 Å². The third-order valence-electron chi connectivity index (χ3n) is 4.03. The molecule has 1 aliphatic rings. The summed E-state index contributed by atoms with van der Waals surface area (Å²) in [6.45, 7) is 2.01. The van der Waals surface area contributed by atoms with Gasteiger partial charge < -0.3 is 14.8 Å². The molecule has 1 unspecified atom stereocenters. The molecule has 0 spiro atoms. The van der Waals surface area contributed by atoms with Crippen molar-refractivity contribution in [2.45, 2.75) is 19.1 Å². The molecule has 7 heteroatoms. The Bertz CT molecular complexity index is 884. The molecule has 25 heavy (non-hydrogen) atoms. The molecule has 1 atom stereocenters. The van der Waals surface area contributed by atoms with E-state index in [1.54, 1.807) is 12.5 Å². The van der Waals surface area contributed by atoms with Gasteiger partial charge in [0, 0.05) is 35.1 Å². The normalized spacial score (nSPS) is 16.9. The van der Waals surface area contributed by atoms with E-state index in [1.807, 2.05) is 30.3 Å². The maximum Gasteiger partial charge on any atom is 0.213 e. The van der Waals surface area contributed by atoms with Crippen molar-refractivity contribution in [1.29, 1.82) is 0 Å². The van der Waals surface area contributed by atoms with E-state index in [0.29, 0.717) is 19.0 Å². The zero-order valence-corrected chi connectivity index (χ0v) is 15.1. The summed E-state index contributed by atoms with van der Waals surface area (Å²) in [7, 11) is 0. The largest absolute Gasteiger partial charge is 0.472 e. The summed E-state index contributed by atoms with van der Waals surface area (Å²) in [5, 5.41) is 4.35. The standard InChI is InChI=1S/C18H17BrN4O2/c19-13-1-2-16-15(8-13)18(23-11-22-16)21-9-12-3-5-20-17(7-12)25-14-4-6-24-10-14/h1-3,5,7-8,11,14H,4,6,9-10H2,(H,21,22,23). The molecule has 2 aromatic heterocycles. The topological polar surface area (TPSA) is 69.2 Å². The van der Waals surface area contributed by atoms with Gasteiger partial charge in [-0.15, -0.1) is 0 Å². The van der Waals surface area contributed by atoms with Gasteiger partial charge in [-0.3, -0.25) is 0 Å². The third kappa shape index (κ3) is 3.88. The van der Waals surface area contributed by atoms with Crippen LogP contribution in [0.15, 0.2) is 47.3 Å². The van der Waals surface area contributed by atoms with E-state index in [2.05, 4.69) is 36.2 Å². The molecule has 0 aliphatic carbocycles. The minimum Gasteiger partial charge on any atom is -0.472 e. The molecule has 3 aromatic rings. The summed E-state index contributed by atoms with van der Waals surface area (Å²) in [5.41, 5.74) is 1.98. The number of anilines is 1. The van der Waals surface area contributed by atoms with Crippen LogP contribution < -0.4 is 10.1 Å². The Balaban J connectivity index is 1.49. The van der Waals surface area contributed by atoms with E-state index < -0.39 is 0 Å².